The molecule has 1 saturated carbocycles. The van der Waals surface area contributed by atoms with Gasteiger partial charge in [0.1, 0.15) is 0 Å². The van der Waals surface area contributed by atoms with Crippen LogP contribution in [0.5, 0.6) is 0 Å². The Morgan fingerprint density at radius 3 is 3.13 bits per heavy atom. The van der Waals surface area contributed by atoms with Crippen LogP contribution in [0, 0.1) is 0 Å². The predicted octanol–water partition coefficient (Wildman–Crippen LogP) is 1.45. The molecule has 0 atom stereocenters. The van der Waals surface area contributed by atoms with Gasteiger partial charge in [0.2, 0.25) is 0 Å². The average Bonchev–Trinajstić information content (AvgIpc) is 2.88. The third-order valence-corrected chi connectivity index (χ3v) is 3.72. The van der Waals surface area contributed by atoms with Crippen molar-refractivity contribution in [3.05, 3.63) is 17.3 Å². The van der Waals surface area contributed by atoms with E-state index in [0.717, 1.165) is 16.5 Å². The number of aromatic nitrogens is 2. The zero-order valence-electron chi connectivity index (χ0n) is 8.68. The highest BCUT2D eigenvalue weighted by Crippen LogP contribution is 2.32. The summed E-state index contributed by atoms with van der Waals surface area (Å²) in [4.78, 5) is 7.94. The number of fused-ring (bicyclic) bond motifs is 1. The van der Waals surface area contributed by atoms with Gasteiger partial charge in [0, 0.05) is 31.2 Å². The first-order chi connectivity index (χ1) is 7.31. The number of anilines is 1. The number of thiazole rings is 1. The lowest BCUT2D eigenvalue weighted by atomic mass is 10.4. The second kappa shape index (κ2) is 3.21. The van der Waals surface area contributed by atoms with Gasteiger partial charge in [-0.15, -0.1) is 11.3 Å². The Balaban J connectivity index is 2.11. The van der Waals surface area contributed by atoms with Crippen LogP contribution in [0.1, 0.15) is 18.5 Å². The Labute approximate surface area is 92.3 Å². The normalized spacial score (nSPS) is 16.1. The summed E-state index contributed by atoms with van der Waals surface area (Å²) in [5, 5.41) is 2.04. The van der Waals surface area contributed by atoms with Crippen molar-refractivity contribution in [2.45, 2.75) is 25.4 Å². The second-order valence-corrected chi connectivity index (χ2v) is 4.86. The van der Waals surface area contributed by atoms with Gasteiger partial charge in [-0.1, -0.05) is 0 Å². The van der Waals surface area contributed by atoms with Gasteiger partial charge in [-0.25, -0.2) is 4.98 Å². The molecule has 0 spiro atoms. The molecule has 2 N–H and O–H groups in total. The van der Waals surface area contributed by atoms with E-state index in [1.54, 1.807) is 11.3 Å². The molecule has 0 bridgehead atoms. The number of imidazole rings is 1. The summed E-state index contributed by atoms with van der Waals surface area (Å²) in [5.74, 6) is 1.06. The van der Waals surface area contributed by atoms with E-state index >= 15 is 0 Å². The molecule has 4 nitrogen and oxygen atoms in total. The summed E-state index contributed by atoms with van der Waals surface area (Å²) in [7, 11) is 2.11. The Kier molecular flexibility index (Phi) is 1.97. The van der Waals surface area contributed by atoms with E-state index in [1.165, 1.54) is 12.8 Å². The minimum atomic E-state index is 0.546. The van der Waals surface area contributed by atoms with Crippen LogP contribution in [-0.4, -0.2) is 22.5 Å². The number of nitrogens with two attached hydrogens (primary N) is 1. The molecule has 5 heteroatoms. The molecule has 2 heterocycles. The molecule has 3 rings (SSSR count). The largest absolute Gasteiger partial charge is 0.355 e. The van der Waals surface area contributed by atoms with Crippen molar-refractivity contribution in [3.63, 3.8) is 0 Å². The van der Waals surface area contributed by atoms with Crippen molar-refractivity contribution in [2.75, 3.05) is 11.9 Å². The molecule has 2 aromatic heterocycles. The van der Waals surface area contributed by atoms with E-state index in [9.17, 15) is 0 Å². The van der Waals surface area contributed by atoms with E-state index in [-0.39, 0.29) is 0 Å². The molecule has 0 radical (unpaired) electrons. The topological polar surface area (TPSA) is 46.6 Å². The minimum absolute atomic E-state index is 0.546. The van der Waals surface area contributed by atoms with Gasteiger partial charge >= 0.3 is 0 Å². The predicted molar refractivity (Wildman–Crippen MR) is 62.4 cm³/mol. The van der Waals surface area contributed by atoms with Crippen LogP contribution < -0.4 is 10.6 Å². The third kappa shape index (κ3) is 1.34. The molecular weight excluding hydrogens is 208 g/mol. The number of nitrogens with zero attached hydrogens (tertiary/aromatic N) is 3. The first kappa shape index (κ1) is 9.18. The fourth-order valence-corrected chi connectivity index (χ4v) is 2.66. The van der Waals surface area contributed by atoms with Crippen molar-refractivity contribution in [1.29, 1.82) is 0 Å². The molecule has 15 heavy (non-hydrogen) atoms. The molecule has 80 valence electrons. The summed E-state index contributed by atoms with van der Waals surface area (Å²) in [6, 6.07) is 0.680. The van der Waals surface area contributed by atoms with Gasteiger partial charge in [-0.2, -0.15) is 0 Å². The monoisotopic (exact) mass is 222 g/mol. The maximum Gasteiger partial charge on any atom is 0.195 e. The van der Waals surface area contributed by atoms with Crippen LogP contribution in [0.15, 0.2) is 11.6 Å². The van der Waals surface area contributed by atoms with Crippen LogP contribution in [0.4, 0.5) is 5.82 Å². The third-order valence-electron chi connectivity index (χ3n) is 2.96. The lowest BCUT2D eigenvalue weighted by Crippen LogP contribution is -2.22. The zero-order valence-corrected chi connectivity index (χ0v) is 9.50. The molecule has 0 unspecified atom stereocenters. The molecule has 2 aromatic rings. The Bertz CT molecular complexity index is 483. The Morgan fingerprint density at radius 1 is 1.67 bits per heavy atom. The first-order valence-corrected chi connectivity index (χ1v) is 6.06. The fourth-order valence-electron chi connectivity index (χ4n) is 1.93. The van der Waals surface area contributed by atoms with Crippen LogP contribution in [0.2, 0.25) is 0 Å². The van der Waals surface area contributed by atoms with Crippen molar-refractivity contribution in [3.8, 4) is 0 Å². The average molecular weight is 222 g/mol. The molecule has 1 aliphatic rings. The second-order valence-electron chi connectivity index (χ2n) is 3.98. The van der Waals surface area contributed by atoms with Crippen molar-refractivity contribution >= 4 is 22.1 Å². The van der Waals surface area contributed by atoms with E-state index in [2.05, 4.69) is 21.3 Å². The lowest BCUT2D eigenvalue weighted by Gasteiger charge is -2.16. The smallest absolute Gasteiger partial charge is 0.195 e. The highest BCUT2D eigenvalue weighted by molar-refractivity contribution is 7.15. The van der Waals surface area contributed by atoms with E-state index in [1.807, 2.05) is 11.6 Å². The summed E-state index contributed by atoms with van der Waals surface area (Å²) in [6.45, 7) is 0.546. The fraction of sp³-hybridized carbons (Fsp3) is 0.500. The van der Waals surface area contributed by atoms with E-state index < -0.39 is 0 Å². The van der Waals surface area contributed by atoms with Crippen LogP contribution >= 0.6 is 11.3 Å². The van der Waals surface area contributed by atoms with Crippen molar-refractivity contribution in [1.82, 2.24) is 9.38 Å². The lowest BCUT2D eigenvalue weighted by molar-refractivity contribution is 0.869. The van der Waals surface area contributed by atoms with Gasteiger partial charge in [-0.05, 0) is 12.8 Å². The molecule has 0 aromatic carbocycles. The minimum Gasteiger partial charge on any atom is -0.355 e. The number of rotatable bonds is 3. The van der Waals surface area contributed by atoms with Gasteiger partial charge in [-0.3, -0.25) is 4.40 Å². The highest BCUT2D eigenvalue weighted by Gasteiger charge is 2.29. The van der Waals surface area contributed by atoms with E-state index in [0.29, 0.717) is 12.6 Å². The molecule has 0 aliphatic heterocycles. The molecule has 0 saturated heterocycles. The standard InChI is InChI=1S/C10H14N4S/c1-13(7-2-3-7)9-8(6-11)14-4-5-15-10(14)12-9/h4-5,7H,2-3,6,11H2,1H3. The quantitative estimate of drug-likeness (QED) is 0.855. The summed E-state index contributed by atoms with van der Waals surface area (Å²) >= 11 is 1.66. The number of hydrogen-bond acceptors (Lipinski definition) is 4. The number of hydrogen-bond donors (Lipinski definition) is 1. The van der Waals surface area contributed by atoms with Crippen LogP contribution in [-0.2, 0) is 6.54 Å². The van der Waals surface area contributed by atoms with Crippen molar-refractivity contribution < 1.29 is 0 Å². The zero-order chi connectivity index (χ0) is 10.4. The molecule has 0 amide bonds. The van der Waals surface area contributed by atoms with Gasteiger partial charge < -0.3 is 10.6 Å². The summed E-state index contributed by atoms with van der Waals surface area (Å²) < 4.78 is 2.10. The maximum absolute atomic E-state index is 5.80. The van der Waals surface area contributed by atoms with Crippen molar-refractivity contribution in [2.24, 2.45) is 5.73 Å². The SMILES string of the molecule is CN(c1nc2sccn2c1CN)C1CC1. The van der Waals surface area contributed by atoms with E-state index in [4.69, 9.17) is 5.73 Å². The molecule has 1 aliphatic carbocycles. The summed E-state index contributed by atoms with van der Waals surface area (Å²) in [5.41, 5.74) is 6.92. The van der Waals surface area contributed by atoms with Gasteiger partial charge in [0.05, 0.1) is 5.69 Å². The van der Waals surface area contributed by atoms with Gasteiger partial charge in [0.25, 0.3) is 0 Å². The Hall–Kier alpha value is -1.07. The first-order valence-electron chi connectivity index (χ1n) is 5.18. The van der Waals surface area contributed by atoms with Crippen LogP contribution in [0.25, 0.3) is 4.96 Å². The summed E-state index contributed by atoms with van der Waals surface area (Å²) in [6.07, 6.45) is 4.61. The highest BCUT2D eigenvalue weighted by atomic mass is 32.1. The van der Waals surface area contributed by atoms with Gasteiger partial charge in [0.15, 0.2) is 10.8 Å². The maximum atomic E-state index is 5.80. The Morgan fingerprint density at radius 2 is 2.47 bits per heavy atom. The van der Waals surface area contributed by atoms with Crippen LogP contribution in [0.3, 0.4) is 0 Å². The molecule has 1 fully saturated rings. The molecular formula is C10H14N4S.